The summed E-state index contributed by atoms with van der Waals surface area (Å²) in [6.07, 6.45) is 0.767. The maximum atomic E-state index is 12.6. The Morgan fingerprint density at radius 3 is 2.07 bits per heavy atom. The molecule has 0 saturated heterocycles. The smallest absolute Gasteiger partial charge is 0.123 e. The van der Waals surface area contributed by atoms with Crippen LogP contribution in [0.2, 0.25) is 0 Å². The standard InChI is InChI=1S/C12H9FN.C10H10O2.CO.Os/c13-11-5-1-9(2-6-11)10-3-7-12(14)8-4-10;1-3-8-4-6-9(7-5-8)10(11)12-2;1-2;/h1-8,14H;1,4-7H,3H2,2H3;;/q-1;;;. The number of hydrogen-bond donors (Lipinski definition) is 0. The number of rotatable bonds is 4. The second kappa shape index (κ2) is 11.7. The minimum Gasteiger partial charge on any atom is -0.699 e. The van der Waals surface area contributed by atoms with Gasteiger partial charge < -0.3 is 5.73 Å². The molecule has 0 spiro atoms. The molecule has 0 aliphatic rings. The monoisotopic (exact) mass is 568 g/mol. The van der Waals surface area contributed by atoms with E-state index in [1.54, 1.807) is 36.4 Å². The van der Waals surface area contributed by atoms with Crippen LogP contribution in [0, 0.1) is 5.82 Å². The summed E-state index contributed by atoms with van der Waals surface area (Å²) < 4.78 is 21.1. The van der Waals surface area contributed by atoms with E-state index in [1.165, 1.54) is 19.2 Å². The van der Waals surface area contributed by atoms with Crippen LogP contribution in [-0.2, 0) is 32.5 Å². The van der Waals surface area contributed by atoms with Gasteiger partial charge in [0.25, 0.3) is 0 Å². The number of carbonyl (C=O) groups excluding carboxylic acids is 2. The number of methoxy groups -OCH3 is 1. The first kappa shape index (κ1) is 22.2. The van der Waals surface area contributed by atoms with Crippen molar-refractivity contribution in [3.63, 3.8) is 0 Å². The molecule has 0 aliphatic carbocycles. The molecule has 1 N–H and O–H groups in total. The third kappa shape index (κ3) is 7.47. The van der Waals surface area contributed by atoms with Crippen molar-refractivity contribution in [1.82, 2.24) is 0 Å². The van der Waals surface area contributed by atoms with Crippen molar-refractivity contribution in [3.05, 3.63) is 95.5 Å². The summed E-state index contributed by atoms with van der Waals surface area (Å²) in [6, 6.07) is 20.7. The average molecular weight is 567 g/mol. The molecule has 0 aromatic heterocycles. The molecule has 0 unspecified atom stereocenters. The molecule has 0 atom stereocenters. The number of esters is 1. The number of benzene rings is 3. The van der Waals surface area contributed by atoms with Crippen molar-refractivity contribution in [2.75, 3.05) is 7.11 Å². The number of hydrogen-bond acceptors (Lipinski definition) is 3. The van der Waals surface area contributed by atoms with Crippen molar-refractivity contribution in [2.24, 2.45) is 0 Å². The van der Waals surface area contributed by atoms with Gasteiger partial charge >= 0.3 is 94.7 Å². The molecule has 3 aromatic carbocycles. The molecule has 0 amide bonds. The van der Waals surface area contributed by atoms with Crippen LogP contribution < -0.4 is 0 Å². The van der Waals surface area contributed by atoms with Crippen LogP contribution in [0.25, 0.3) is 16.9 Å². The predicted octanol–water partition coefficient (Wildman–Crippen LogP) is 5.14. The van der Waals surface area contributed by atoms with Gasteiger partial charge in [0, 0.05) is 0 Å². The summed E-state index contributed by atoms with van der Waals surface area (Å²) >= 11 is -0.774. The Morgan fingerprint density at radius 2 is 1.55 bits per heavy atom. The fourth-order valence-electron chi connectivity index (χ4n) is 2.35. The van der Waals surface area contributed by atoms with E-state index >= 15 is 0 Å². The van der Waals surface area contributed by atoms with Crippen molar-refractivity contribution in [3.8, 4) is 11.1 Å². The Morgan fingerprint density at radius 1 is 1.00 bits per heavy atom. The zero-order valence-electron chi connectivity index (χ0n) is 15.7. The summed E-state index contributed by atoms with van der Waals surface area (Å²) in [5.41, 5.74) is 11.4. The number of nitrogens with one attached hydrogen (secondary N) is 1. The molecule has 0 aliphatic heterocycles. The topological polar surface area (TPSA) is 67.2 Å². The van der Waals surface area contributed by atoms with Gasteiger partial charge in [0.15, 0.2) is 0 Å². The van der Waals surface area contributed by atoms with E-state index in [4.69, 9.17) is 5.73 Å². The molecule has 3 rings (SSSR count). The fraction of sp³-hybridized carbons (Fsp3) is 0.0870. The van der Waals surface area contributed by atoms with E-state index in [1.807, 2.05) is 33.3 Å². The van der Waals surface area contributed by atoms with Gasteiger partial charge in [-0.1, -0.05) is 36.4 Å². The normalized spacial score (nSPS) is 9.59. The zero-order chi connectivity index (χ0) is 21.1. The van der Waals surface area contributed by atoms with Gasteiger partial charge in [-0.3, -0.25) is 0 Å². The number of carbonyl (C=O) groups is 1. The minimum absolute atomic E-state index is 0.231. The van der Waals surface area contributed by atoms with Gasteiger partial charge in [0.05, 0.1) is 0 Å². The van der Waals surface area contributed by atoms with Crippen LogP contribution in [0.4, 0.5) is 10.1 Å². The van der Waals surface area contributed by atoms with Crippen LogP contribution in [0.1, 0.15) is 15.9 Å². The largest absolute Gasteiger partial charge is 0.699 e. The third-order valence-corrected chi connectivity index (χ3v) is 5.20. The summed E-state index contributed by atoms with van der Waals surface area (Å²) in [5.74, 6) is -0.563. The summed E-state index contributed by atoms with van der Waals surface area (Å²) in [7, 11) is 1.36. The summed E-state index contributed by atoms with van der Waals surface area (Å²) in [5, 5.41) is 0. The van der Waals surface area contributed by atoms with Gasteiger partial charge in [0.1, 0.15) is 5.82 Å². The second-order valence-electron chi connectivity index (χ2n) is 5.80. The van der Waals surface area contributed by atoms with E-state index in [2.05, 4.69) is 4.74 Å². The van der Waals surface area contributed by atoms with Crippen LogP contribution >= 0.6 is 0 Å². The molecule has 4 nitrogen and oxygen atoms in total. The summed E-state index contributed by atoms with van der Waals surface area (Å²) in [4.78, 5) is 21.1. The number of halogens is 1. The van der Waals surface area contributed by atoms with Crippen LogP contribution in [0.5, 0.6) is 0 Å². The van der Waals surface area contributed by atoms with Gasteiger partial charge in [0.2, 0.25) is 0 Å². The SMILES string of the molecule is COC(=O)c1ccc(C[CH]=[Os]=[C]=O)cc1.[NH-]c1ccc(-c2ccc(F)cc2)cc1. The molecule has 0 bridgehead atoms. The molecule has 3 aromatic rings. The molecule has 0 radical (unpaired) electrons. The van der Waals surface area contributed by atoms with Crippen LogP contribution in [0.3, 0.4) is 0 Å². The van der Waals surface area contributed by atoms with Crippen LogP contribution in [0.15, 0.2) is 72.8 Å². The van der Waals surface area contributed by atoms with Crippen LogP contribution in [-0.4, -0.2) is 22.1 Å². The molecular weight excluding hydrogens is 547 g/mol. The Hall–Kier alpha value is -3.05. The quantitative estimate of drug-likeness (QED) is 0.411. The van der Waals surface area contributed by atoms with E-state index in [-0.39, 0.29) is 11.8 Å². The molecule has 6 heteroatoms. The van der Waals surface area contributed by atoms with E-state index in [0.717, 1.165) is 23.1 Å². The molecule has 150 valence electrons. The first-order valence-corrected chi connectivity index (χ1v) is 11.3. The molecular formula is C23H19FNO3Os-. The van der Waals surface area contributed by atoms with Gasteiger partial charge in [-0.15, -0.1) is 5.69 Å². The van der Waals surface area contributed by atoms with Gasteiger partial charge in [-0.2, -0.15) is 0 Å². The zero-order valence-corrected chi connectivity index (χ0v) is 18.2. The minimum atomic E-state index is -0.774. The van der Waals surface area contributed by atoms with E-state index in [0.29, 0.717) is 11.3 Å². The molecule has 0 fully saturated rings. The van der Waals surface area contributed by atoms with Crippen molar-refractivity contribution in [1.29, 1.82) is 0 Å². The first-order chi connectivity index (χ1) is 14.0. The third-order valence-electron chi connectivity index (χ3n) is 3.86. The molecule has 0 saturated carbocycles. The summed E-state index contributed by atoms with van der Waals surface area (Å²) in [6.45, 7) is 0. The van der Waals surface area contributed by atoms with Crippen molar-refractivity contribution >= 4 is 20.7 Å². The van der Waals surface area contributed by atoms with Crippen molar-refractivity contribution in [2.45, 2.75) is 6.42 Å². The first-order valence-electron chi connectivity index (χ1n) is 8.57. The average Bonchev–Trinajstić information content (AvgIpc) is 2.75. The van der Waals surface area contributed by atoms with E-state index in [9.17, 15) is 14.0 Å². The van der Waals surface area contributed by atoms with Gasteiger partial charge in [-0.05, 0) is 23.3 Å². The second-order valence-corrected chi connectivity index (χ2v) is 8.08. The molecule has 0 heterocycles. The van der Waals surface area contributed by atoms with Gasteiger partial charge in [-0.25, -0.2) is 4.39 Å². The Labute approximate surface area is 176 Å². The number of ether oxygens (including phenoxy) is 1. The maximum Gasteiger partial charge on any atom is 0.123 e. The fourth-order valence-corrected chi connectivity index (χ4v) is 3.42. The Balaban J connectivity index is 0.000000207. The Kier molecular flexibility index (Phi) is 8.98. The molecule has 29 heavy (non-hydrogen) atoms. The van der Waals surface area contributed by atoms with E-state index < -0.39 is 16.5 Å². The predicted molar refractivity (Wildman–Crippen MR) is 109 cm³/mol. The van der Waals surface area contributed by atoms with Crippen molar-refractivity contribution < 1.29 is 35.2 Å². The maximum absolute atomic E-state index is 12.6. The Bertz CT molecular complexity index is 976.